The smallest absolute Gasteiger partial charge is 0.378 e. The number of anilines is 1. The highest BCUT2D eigenvalue weighted by Crippen LogP contribution is 2.33. The van der Waals surface area contributed by atoms with E-state index >= 15 is 0 Å². The summed E-state index contributed by atoms with van der Waals surface area (Å²) in [7, 11) is 0. The molecule has 0 bridgehead atoms. The molecule has 164 valence electrons. The van der Waals surface area contributed by atoms with Crippen LogP contribution in [-0.4, -0.2) is 21.2 Å². The van der Waals surface area contributed by atoms with Crippen molar-refractivity contribution < 1.29 is 27.5 Å². The third kappa shape index (κ3) is 5.24. The molecular formula is C23H17F4N3O2. The molecule has 1 heterocycles. The zero-order chi connectivity index (χ0) is 23.5. The Morgan fingerprint density at radius 2 is 2.03 bits per heavy atom. The highest BCUT2D eigenvalue weighted by atomic mass is 19.4. The number of carbonyl (C=O) groups is 1. The minimum atomic E-state index is -4.77. The Kier molecular flexibility index (Phi) is 6.21. The van der Waals surface area contributed by atoms with Gasteiger partial charge in [0.25, 0.3) is 5.91 Å². The Hall–Kier alpha value is -3.86. The van der Waals surface area contributed by atoms with Crippen molar-refractivity contribution in [1.29, 1.82) is 5.26 Å². The molecule has 1 aliphatic carbocycles. The molecule has 1 aliphatic rings. The monoisotopic (exact) mass is 443 g/mol. The average molecular weight is 443 g/mol. The van der Waals surface area contributed by atoms with Crippen LogP contribution in [0.5, 0.6) is 0 Å². The number of halogens is 4. The van der Waals surface area contributed by atoms with E-state index in [2.05, 4.69) is 11.0 Å². The van der Waals surface area contributed by atoms with Gasteiger partial charge in [-0.3, -0.25) is 4.79 Å². The molecule has 1 amide bonds. The normalized spacial score (nSPS) is 15.3. The number of nitrogens with zero attached hydrogens (tertiary/aromatic N) is 2. The SMILES string of the molecule is C[C@](O)(Cn1ccc(C2=CC=C=C(F)C=C2)c1)C(=O)Nc1ccc(C#N)c(C(F)(F)F)c1. The maximum absolute atomic E-state index is 13.3. The van der Waals surface area contributed by atoms with E-state index in [1.54, 1.807) is 30.6 Å². The number of nitriles is 1. The number of nitrogens with one attached hydrogen (secondary N) is 1. The first-order chi connectivity index (χ1) is 15.0. The maximum Gasteiger partial charge on any atom is 0.417 e. The molecule has 1 aromatic carbocycles. The third-order valence-corrected chi connectivity index (χ3v) is 4.66. The average Bonchev–Trinajstić information content (AvgIpc) is 3.06. The van der Waals surface area contributed by atoms with E-state index in [0.717, 1.165) is 12.1 Å². The molecule has 5 nitrogen and oxygen atoms in total. The van der Waals surface area contributed by atoms with Crippen LogP contribution in [0.1, 0.15) is 23.6 Å². The van der Waals surface area contributed by atoms with Crippen molar-refractivity contribution in [3.63, 3.8) is 0 Å². The van der Waals surface area contributed by atoms with Crippen molar-refractivity contribution in [2.45, 2.75) is 25.2 Å². The number of hydrogen-bond acceptors (Lipinski definition) is 3. The van der Waals surface area contributed by atoms with E-state index in [0.29, 0.717) is 17.2 Å². The summed E-state index contributed by atoms with van der Waals surface area (Å²) in [5, 5.41) is 21.7. The number of amides is 1. The third-order valence-electron chi connectivity index (χ3n) is 4.66. The quantitative estimate of drug-likeness (QED) is 0.518. The molecule has 0 saturated carbocycles. The summed E-state index contributed by atoms with van der Waals surface area (Å²) in [6, 6.07) is 5.91. The first-order valence-corrected chi connectivity index (χ1v) is 9.31. The maximum atomic E-state index is 13.3. The van der Waals surface area contributed by atoms with Crippen LogP contribution in [-0.2, 0) is 17.5 Å². The van der Waals surface area contributed by atoms with Gasteiger partial charge in [0.15, 0.2) is 11.4 Å². The van der Waals surface area contributed by atoms with Gasteiger partial charge in [0.1, 0.15) is 0 Å². The highest BCUT2D eigenvalue weighted by Gasteiger charge is 2.35. The van der Waals surface area contributed by atoms with Gasteiger partial charge in [0, 0.05) is 18.1 Å². The van der Waals surface area contributed by atoms with Gasteiger partial charge in [-0.1, -0.05) is 11.8 Å². The fraction of sp³-hybridized carbons (Fsp3) is 0.174. The van der Waals surface area contributed by atoms with Crippen LogP contribution >= 0.6 is 0 Å². The Labute approximate surface area is 180 Å². The van der Waals surface area contributed by atoms with Crippen LogP contribution in [0.3, 0.4) is 0 Å². The van der Waals surface area contributed by atoms with Crippen LogP contribution < -0.4 is 5.32 Å². The molecule has 1 aromatic heterocycles. The first-order valence-electron chi connectivity index (χ1n) is 9.31. The Morgan fingerprint density at radius 3 is 2.72 bits per heavy atom. The first kappa shape index (κ1) is 22.8. The molecule has 32 heavy (non-hydrogen) atoms. The van der Waals surface area contributed by atoms with Crippen molar-refractivity contribution >= 4 is 17.2 Å². The molecule has 0 spiro atoms. The summed E-state index contributed by atoms with van der Waals surface area (Å²) >= 11 is 0. The standard InChI is InChI=1S/C23H17F4N3O2/c1-22(32,14-30-10-9-17(13-30)15-3-2-4-18(24)7-5-15)21(31)29-19-8-6-16(12-28)20(11-19)23(25,26)27/h2-3,5-11,13,32H,14H2,1H3,(H,29,31)/t22-/m0/s1. The lowest BCUT2D eigenvalue weighted by molar-refractivity contribution is -0.138. The molecule has 0 unspecified atom stereocenters. The zero-order valence-electron chi connectivity index (χ0n) is 16.7. The van der Waals surface area contributed by atoms with Gasteiger partial charge < -0.3 is 15.0 Å². The van der Waals surface area contributed by atoms with E-state index in [1.165, 1.54) is 29.7 Å². The number of benzene rings is 1. The molecule has 2 aromatic rings. The molecule has 3 rings (SSSR count). The van der Waals surface area contributed by atoms with Crippen LogP contribution in [0, 0.1) is 11.3 Å². The van der Waals surface area contributed by atoms with Crippen LogP contribution in [0.2, 0.25) is 0 Å². The van der Waals surface area contributed by atoms with Crippen LogP contribution in [0.4, 0.5) is 23.2 Å². The van der Waals surface area contributed by atoms with Crippen molar-refractivity contribution in [2.24, 2.45) is 0 Å². The number of alkyl halides is 3. The number of allylic oxidation sites excluding steroid dienone is 5. The summed E-state index contributed by atoms with van der Waals surface area (Å²) in [5.41, 5.74) is -0.122. The topological polar surface area (TPSA) is 78.1 Å². The van der Waals surface area contributed by atoms with Gasteiger partial charge in [-0.25, -0.2) is 0 Å². The highest BCUT2D eigenvalue weighted by molar-refractivity contribution is 5.97. The summed E-state index contributed by atoms with van der Waals surface area (Å²) in [4.78, 5) is 12.5. The molecular weight excluding hydrogens is 426 g/mol. The lowest BCUT2D eigenvalue weighted by atomic mass is 10.0. The Bertz CT molecular complexity index is 1220. The van der Waals surface area contributed by atoms with Gasteiger partial charge in [-0.2, -0.15) is 22.8 Å². The molecule has 2 N–H and O–H groups in total. The van der Waals surface area contributed by atoms with Crippen molar-refractivity contribution in [3.8, 4) is 6.07 Å². The fourth-order valence-electron chi connectivity index (χ4n) is 3.03. The Balaban J connectivity index is 1.74. The number of aromatic nitrogens is 1. The van der Waals surface area contributed by atoms with Gasteiger partial charge in [-0.05, 0) is 60.6 Å². The van der Waals surface area contributed by atoms with E-state index < -0.39 is 34.6 Å². The van der Waals surface area contributed by atoms with Gasteiger partial charge in [0.2, 0.25) is 0 Å². The molecule has 0 radical (unpaired) electrons. The zero-order valence-corrected chi connectivity index (χ0v) is 16.7. The lowest BCUT2D eigenvalue weighted by Gasteiger charge is -2.23. The van der Waals surface area contributed by atoms with Crippen molar-refractivity contribution in [2.75, 3.05) is 5.32 Å². The minimum absolute atomic E-state index is 0.194. The summed E-state index contributed by atoms with van der Waals surface area (Å²) in [6.45, 7) is 1.03. The largest absolute Gasteiger partial charge is 0.417 e. The molecule has 1 atom stereocenters. The molecule has 9 heteroatoms. The van der Waals surface area contributed by atoms with E-state index in [4.69, 9.17) is 5.26 Å². The number of hydrogen-bond donors (Lipinski definition) is 2. The molecule has 0 saturated heterocycles. The number of aliphatic hydroxyl groups is 1. The van der Waals surface area contributed by atoms with Crippen molar-refractivity contribution in [1.82, 2.24) is 4.57 Å². The van der Waals surface area contributed by atoms with Crippen molar-refractivity contribution in [3.05, 3.63) is 89.2 Å². The van der Waals surface area contributed by atoms with Crippen LogP contribution in [0.15, 0.2) is 72.5 Å². The van der Waals surface area contributed by atoms with Gasteiger partial charge in [-0.15, -0.1) is 0 Å². The molecule has 0 aliphatic heterocycles. The summed E-state index contributed by atoms with van der Waals surface area (Å²) in [6.07, 6.45) is 4.36. The lowest BCUT2D eigenvalue weighted by Crippen LogP contribution is -2.43. The van der Waals surface area contributed by atoms with E-state index in [1.807, 2.05) is 0 Å². The van der Waals surface area contributed by atoms with E-state index in [-0.39, 0.29) is 12.2 Å². The summed E-state index contributed by atoms with van der Waals surface area (Å²) < 4.78 is 54.2. The second kappa shape index (κ2) is 8.71. The number of carbonyl (C=O) groups excluding carboxylic acids is 1. The predicted octanol–water partition coefficient (Wildman–Crippen LogP) is 4.73. The predicted molar refractivity (Wildman–Crippen MR) is 110 cm³/mol. The second-order valence-corrected chi connectivity index (χ2v) is 7.28. The van der Waals surface area contributed by atoms with Gasteiger partial charge >= 0.3 is 6.18 Å². The summed E-state index contributed by atoms with van der Waals surface area (Å²) in [5.74, 6) is -1.44. The fourth-order valence-corrected chi connectivity index (χ4v) is 3.03. The second-order valence-electron chi connectivity index (χ2n) is 7.28. The van der Waals surface area contributed by atoms with Gasteiger partial charge in [0.05, 0.1) is 23.7 Å². The van der Waals surface area contributed by atoms with E-state index in [9.17, 15) is 27.5 Å². The minimum Gasteiger partial charge on any atom is -0.378 e. The number of rotatable bonds is 5. The Morgan fingerprint density at radius 1 is 1.28 bits per heavy atom. The molecule has 0 fully saturated rings. The van der Waals surface area contributed by atoms with Crippen LogP contribution in [0.25, 0.3) is 5.57 Å².